The van der Waals surface area contributed by atoms with E-state index in [1.807, 2.05) is 0 Å². The van der Waals surface area contributed by atoms with Crippen LogP contribution in [0, 0.1) is 0 Å². The lowest BCUT2D eigenvalue weighted by atomic mass is 10.1. The number of amides is 1. The standard InChI is InChI=1S/C19H16N2O5S2/c1-26-18(23)14-5-3-12(4-6-14)16-11-27-19(20-16)21-17(22)13-7-9-15(10-8-13)28(2,24)25/h3-11H,1-2H3,(H,20,21,22). The molecule has 0 spiro atoms. The molecule has 1 aromatic heterocycles. The zero-order valence-electron chi connectivity index (χ0n) is 15.0. The van der Waals surface area contributed by atoms with Crippen molar-refractivity contribution >= 4 is 38.2 Å². The van der Waals surface area contributed by atoms with Crippen LogP contribution in [-0.4, -0.2) is 38.6 Å². The molecule has 0 saturated carbocycles. The number of thiazole rings is 1. The van der Waals surface area contributed by atoms with Gasteiger partial charge in [0.1, 0.15) is 0 Å². The number of sulfone groups is 1. The second-order valence-electron chi connectivity index (χ2n) is 5.86. The van der Waals surface area contributed by atoms with Crippen LogP contribution in [0.25, 0.3) is 11.3 Å². The van der Waals surface area contributed by atoms with E-state index in [1.165, 1.54) is 42.7 Å². The maximum absolute atomic E-state index is 12.3. The number of esters is 1. The predicted octanol–water partition coefficient (Wildman–Crippen LogP) is 3.25. The van der Waals surface area contributed by atoms with Crippen molar-refractivity contribution in [3.8, 4) is 11.3 Å². The summed E-state index contributed by atoms with van der Waals surface area (Å²) in [5.74, 6) is -0.804. The third-order valence-corrected chi connectivity index (χ3v) is 5.76. The fourth-order valence-corrected chi connectivity index (χ4v) is 3.73. The van der Waals surface area contributed by atoms with Crippen LogP contribution in [0.5, 0.6) is 0 Å². The number of rotatable bonds is 5. The number of methoxy groups -OCH3 is 1. The number of anilines is 1. The number of benzene rings is 2. The van der Waals surface area contributed by atoms with Gasteiger partial charge in [0, 0.05) is 22.8 Å². The van der Waals surface area contributed by atoms with E-state index in [4.69, 9.17) is 0 Å². The van der Waals surface area contributed by atoms with Crippen LogP contribution in [0.4, 0.5) is 5.13 Å². The molecule has 7 nitrogen and oxygen atoms in total. The Bertz CT molecular complexity index is 1120. The van der Waals surface area contributed by atoms with Gasteiger partial charge in [0.2, 0.25) is 0 Å². The zero-order valence-corrected chi connectivity index (χ0v) is 16.6. The van der Waals surface area contributed by atoms with Crippen molar-refractivity contribution in [2.75, 3.05) is 18.7 Å². The number of carbonyl (C=O) groups excluding carboxylic acids is 2. The Labute approximate surface area is 165 Å². The maximum Gasteiger partial charge on any atom is 0.337 e. The Morgan fingerprint density at radius 2 is 1.61 bits per heavy atom. The summed E-state index contributed by atoms with van der Waals surface area (Å²) in [6.07, 6.45) is 1.11. The van der Waals surface area contributed by atoms with Gasteiger partial charge in [-0.05, 0) is 36.4 Å². The molecule has 0 radical (unpaired) electrons. The average Bonchev–Trinajstić information content (AvgIpc) is 3.15. The minimum atomic E-state index is -3.31. The number of ether oxygens (including phenoxy) is 1. The third-order valence-electron chi connectivity index (χ3n) is 3.87. The summed E-state index contributed by atoms with van der Waals surface area (Å²) in [5, 5.41) is 4.88. The van der Waals surface area contributed by atoms with Crippen molar-refractivity contribution in [3.05, 3.63) is 65.0 Å². The Hall–Kier alpha value is -3.04. The maximum atomic E-state index is 12.3. The molecule has 28 heavy (non-hydrogen) atoms. The first-order valence-electron chi connectivity index (χ1n) is 8.03. The number of nitrogens with one attached hydrogen (secondary N) is 1. The quantitative estimate of drug-likeness (QED) is 0.641. The number of hydrogen-bond donors (Lipinski definition) is 1. The number of carbonyl (C=O) groups is 2. The van der Waals surface area contributed by atoms with Gasteiger partial charge in [-0.25, -0.2) is 18.2 Å². The lowest BCUT2D eigenvalue weighted by molar-refractivity contribution is 0.0600. The molecule has 0 aliphatic carbocycles. The van der Waals surface area contributed by atoms with E-state index in [0.29, 0.717) is 22.0 Å². The number of nitrogens with zero attached hydrogens (tertiary/aromatic N) is 1. The van der Waals surface area contributed by atoms with Crippen LogP contribution < -0.4 is 5.32 Å². The van der Waals surface area contributed by atoms with Gasteiger partial charge in [-0.2, -0.15) is 0 Å². The highest BCUT2D eigenvalue weighted by atomic mass is 32.2. The molecule has 1 N–H and O–H groups in total. The van der Waals surface area contributed by atoms with Gasteiger partial charge in [-0.15, -0.1) is 11.3 Å². The summed E-state index contributed by atoms with van der Waals surface area (Å²) in [6, 6.07) is 12.5. The van der Waals surface area contributed by atoms with Gasteiger partial charge in [0.05, 0.1) is 23.3 Å². The first kappa shape index (κ1) is 19.7. The highest BCUT2D eigenvalue weighted by Gasteiger charge is 2.13. The molecule has 0 aliphatic rings. The summed E-state index contributed by atoms with van der Waals surface area (Å²) < 4.78 is 27.6. The van der Waals surface area contributed by atoms with Crippen LogP contribution in [0.3, 0.4) is 0 Å². The van der Waals surface area contributed by atoms with E-state index in [9.17, 15) is 18.0 Å². The van der Waals surface area contributed by atoms with E-state index < -0.39 is 15.8 Å². The highest BCUT2D eigenvalue weighted by molar-refractivity contribution is 7.90. The molecule has 3 rings (SSSR count). The predicted molar refractivity (Wildman–Crippen MR) is 106 cm³/mol. The van der Waals surface area contributed by atoms with E-state index in [0.717, 1.165) is 11.8 Å². The molecule has 144 valence electrons. The van der Waals surface area contributed by atoms with Crippen molar-refractivity contribution < 1.29 is 22.7 Å². The fraction of sp³-hybridized carbons (Fsp3) is 0.105. The number of hydrogen-bond acceptors (Lipinski definition) is 7. The number of aromatic nitrogens is 1. The van der Waals surface area contributed by atoms with Gasteiger partial charge in [0.25, 0.3) is 5.91 Å². The van der Waals surface area contributed by atoms with Crippen LogP contribution in [0.15, 0.2) is 58.8 Å². The minimum Gasteiger partial charge on any atom is -0.465 e. The van der Waals surface area contributed by atoms with Gasteiger partial charge in [0.15, 0.2) is 15.0 Å². The largest absolute Gasteiger partial charge is 0.465 e. The average molecular weight is 416 g/mol. The van der Waals surface area contributed by atoms with E-state index >= 15 is 0 Å². The molecule has 2 aromatic carbocycles. The molecule has 3 aromatic rings. The smallest absolute Gasteiger partial charge is 0.337 e. The highest BCUT2D eigenvalue weighted by Crippen LogP contribution is 2.25. The minimum absolute atomic E-state index is 0.149. The Balaban J connectivity index is 1.72. The summed E-state index contributed by atoms with van der Waals surface area (Å²) in [5.41, 5.74) is 2.21. The molecule has 1 amide bonds. The lowest BCUT2D eigenvalue weighted by Crippen LogP contribution is -2.12. The summed E-state index contributed by atoms with van der Waals surface area (Å²) >= 11 is 1.26. The molecule has 9 heteroatoms. The van der Waals surface area contributed by atoms with Crippen LogP contribution in [0.1, 0.15) is 20.7 Å². The van der Waals surface area contributed by atoms with Gasteiger partial charge in [-0.1, -0.05) is 12.1 Å². The normalized spacial score (nSPS) is 11.1. The second-order valence-corrected chi connectivity index (χ2v) is 8.73. The first-order valence-corrected chi connectivity index (χ1v) is 10.8. The van der Waals surface area contributed by atoms with Crippen molar-refractivity contribution in [1.29, 1.82) is 0 Å². The molecule has 0 unspecified atom stereocenters. The van der Waals surface area contributed by atoms with Gasteiger partial charge >= 0.3 is 5.97 Å². The molecule has 0 fully saturated rings. The molecule has 1 heterocycles. The Kier molecular flexibility index (Phi) is 5.57. The zero-order chi connectivity index (χ0) is 20.3. The van der Waals surface area contributed by atoms with E-state index in [2.05, 4.69) is 15.0 Å². The Morgan fingerprint density at radius 3 is 2.18 bits per heavy atom. The molecule has 0 saturated heterocycles. The molecular formula is C19H16N2O5S2. The molecule has 0 bridgehead atoms. The van der Waals surface area contributed by atoms with E-state index in [1.54, 1.807) is 29.6 Å². The summed E-state index contributed by atoms with van der Waals surface area (Å²) in [4.78, 5) is 28.3. The first-order chi connectivity index (χ1) is 13.3. The molecule has 0 aliphatic heterocycles. The molecular weight excluding hydrogens is 400 g/mol. The van der Waals surface area contributed by atoms with Gasteiger partial charge in [-0.3, -0.25) is 10.1 Å². The van der Waals surface area contributed by atoms with Crippen molar-refractivity contribution in [2.24, 2.45) is 0 Å². The SMILES string of the molecule is COC(=O)c1ccc(-c2csc(NC(=O)c3ccc(S(C)(=O)=O)cc3)n2)cc1. The monoisotopic (exact) mass is 416 g/mol. The molecule has 0 atom stereocenters. The summed E-state index contributed by atoms with van der Waals surface area (Å²) in [7, 11) is -1.99. The van der Waals surface area contributed by atoms with Crippen molar-refractivity contribution in [1.82, 2.24) is 4.98 Å². The lowest BCUT2D eigenvalue weighted by Gasteiger charge is -2.03. The topological polar surface area (TPSA) is 102 Å². The van der Waals surface area contributed by atoms with Crippen LogP contribution >= 0.6 is 11.3 Å². The van der Waals surface area contributed by atoms with E-state index in [-0.39, 0.29) is 10.8 Å². The van der Waals surface area contributed by atoms with Gasteiger partial charge < -0.3 is 4.74 Å². The Morgan fingerprint density at radius 1 is 1.00 bits per heavy atom. The third kappa shape index (κ3) is 4.44. The summed E-state index contributed by atoms with van der Waals surface area (Å²) in [6.45, 7) is 0. The van der Waals surface area contributed by atoms with Crippen molar-refractivity contribution in [2.45, 2.75) is 4.90 Å². The fourth-order valence-electron chi connectivity index (χ4n) is 2.38. The van der Waals surface area contributed by atoms with Crippen LogP contribution in [0.2, 0.25) is 0 Å². The van der Waals surface area contributed by atoms with Crippen molar-refractivity contribution in [3.63, 3.8) is 0 Å². The second kappa shape index (κ2) is 7.91. The van der Waals surface area contributed by atoms with Crippen LogP contribution in [-0.2, 0) is 14.6 Å².